The van der Waals surface area contributed by atoms with Crippen LogP contribution < -0.4 is 11.1 Å². The van der Waals surface area contributed by atoms with Crippen LogP contribution in [0.2, 0.25) is 0 Å². The van der Waals surface area contributed by atoms with E-state index >= 15 is 0 Å². The van der Waals surface area contributed by atoms with Crippen molar-refractivity contribution in [2.75, 3.05) is 12.2 Å². The van der Waals surface area contributed by atoms with Crippen molar-refractivity contribution in [3.8, 4) is 0 Å². The van der Waals surface area contributed by atoms with E-state index in [0.717, 1.165) is 5.56 Å². The van der Waals surface area contributed by atoms with Crippen LogP contribution in [0.25, 0.3) is 0 Å². The van der Waals surface area contributed by atoms with Gasteiger partial charge in [-0.1, -0.05) is 30.3 Å². The van der Waals surface area contributed by atoms with E-state index in [0.29, 0.717) is 0 Å². The standard InChI is InChI=1S/C12H18N2O4S/c13-11(9-10-5-2-1-3-6-10)12(15)14-7-4-8-19(16,17)18/h1-3,5-6,11H,4,7-9,13H2,(H,14,15)(H,16,17,18)/i7D2. The van der Waals surface area contributed by atoms with E-state index in [1.165, 1.54) is 0 Å². The van der Waals surface area contributed by atoms with Crippen LogP contribution >= 0.6 is 0 Å². The minimum absolute atomic E-state index is 0.237. The van der Waals surface area contributed by atoms with E-state index in [-0.39, 0.29) is 6.42 Å². The number of carbonyl (C=O) groups is 1. The summed E-state index contributed by atoms with van der Waals surface area (Å²) >= 11 is 0. The van der Waals surface area contributed by atoms with Crippen molar-refractivity contribution in [3.05, 3.63) is 35.9 Å². The first-order valence-corrected chi connectivity index (χ1v) is 7.27. The third-order valence-corrected chi connectivity index (χ3v) is 3.05. The van der Waals surface area contributed by atoms with Gasteiger partial charge in [-0.25, -0.2) is 0 Å². The number of nitrogens with two attached hydrogens (primary N) is 1. The van der Waals surface area contributed by atoms with E-state index in [9.17, 15) is 13.2 Å². The first-order valence-electron chi connectivity index (χ1n) is 6.66. The van der Waals surface area contributed by atoms with Crippen LogP contribution in [-0.4, -0.2) is 37.2 Å². The van der Waals surface area contributed by atoms with Gasteiger partial charge in [0.2, 0.25) is 5.91 Å². The largest absolute Gasteiger partial charge is 0.355 e. The predicted octanol–water partition coefficient (Wildman–Crippen LogP) is -0.0495. The lowest BCUT2D eigenvalue weighted by molar-refractivity contribution is -0.122. The zero-order valence-corrected chi connectivity index (χ0v) is 11.1. The fourth-order valence-electron chi connectivity index (χ4n) is 1.38. The molecule has 0 bridgehead atoms. The summed E-state index contributed by atoms with van der Waals surface area (Å²) in [5, 5.41) is 2.04. The van der Waals surface area contributed by atoms with Gasteiger partial charge < -0.3 is 11.1 Å². The van der Waals surface area contributed by atoms with Gasteiger partial charge in [0, 0.05) is 9.24 Å². The Morgan fingerprint density at radius 1 is 1.42 bits per heavy atom. The van der Waals surface area contributed by atoms with Gasteiger partial charge >= 0.3 is 0 Å². The molecule has 0 aliphatic heterocycles. The molecule has 0 saturated carbocycles. The molecule has 0 aliphatic carbocycles. The Hall–Kier alpha value is -1.44. The maximum atomic E-state index is 11.8. The van der Waals surface area contributed by atoms with Crippen LogP contribution in [0.3, 0.4) is 0 Å². The summed E-state index contributed by atoms with van der Waals surface area (Å²) in [6.45, 7) is -2.26. The highest BCUT2D eigenvalue weighted by molar-refractivity contribution is 7.85. The maximum Gasteiger partial charge on any atom is 0.264 e. The van der Waals surface area contributed by atoms with Crippen LogP contribution in [-0.2, 0) is 21.3 Å². The summed E-state index contributed by atoms with van der Waals surface area (Å²) in [6.07, 6.45) is -0.323. The van der Waals surface area contributed by atoms with E-state index in [4.69, 9.17) is 13.0 Å². The van der Waals surface area contributed by atoms with Gasteiger partial charge in [-0.15, -0.1) is 0 Å². The number of rotatable bonds is 7. The average Bonchev–Trinajstić information content (AvgIpc) is 2.36. The van der Waals surface area contributed by atoms with Crippen molar-refractivity contribution in [1.29, 1.82) is 0 Å². The lowest BCUT2D eigenvalue weighted by Crippen LogP contribution is -2.42. The molecule has 0 heterocycles. The zero-order valence-electron chi connectivity index (χ0n) is 12.2. The van der Waals surface area contributed by atoms with Crippen molar-refractivity contribution < 1.29 is 20.5 Å². The summed E-state index contributed by atoms with van der Waals surface area (Å²) in [6, 6.07) is 8.05. The summed E-state index contributed by atoms with van der Waals surface area (Å²) < 4.78 is 44.8. The van der Waals surface area contributed by atoms with Crippen molar-refractivity contribution in [2.24, 2.45) is 5.73 Å². The maximum absolute atomic E-state index is 11.8. The number of benzene rings is 1. The molecule has 0 aromatic heterocycles. The molecule has 6 nitrogen and oxygen atoms in total. The van der Waals surface area contributed by atoms with Crippen LogP contribution in [0.5, 0.6) is 0 Å². The molecule has 1 aromatic carbocycles. The number of hydrogen-bond acceptors (Lipinski definition) is 4. The van der Waals surface area contributed by atoms with Gasteiger partial charge in [-0.05, 0) is 18.4 Å². The van der Waals surface area contributed by atoms with Gasteiger partial charge in [-0.3, -0.25) is 9.35 Å². The molecule has 1 rings (SSSR count). The second-order valence-corrected chi connectivity index (χ2v) is 5.57. The van der Waals surface area contributed by atoms with Crippen LogP contribution in [0, 0.1) is 0 Å². The molecular weight excluding hydrogens is 268 g/mol. The molecule has 0 aliphatic rings. The van der Waals surface area contributed by atoms with Gasteiger partial charge in [0.15, 0.2) is 0 Å². The summed E-state index contributed by atoms with van der Waals surface area (Å²) in [5.41, 5.74) is 6.52. The van der Waals surface area contributed by atoms with Crippen molar-refractivity contribution in [2.45, 2.75) is 18.9 Å². The van der Waals surface area contributed by atoms with Crippen molar-refractivity contribution in [1.82, 2.24) is 5.32 Å². The highest BCUT2D eigenvalue weighted by Gasteiger charge is 2.13. The minimum atomic E-state index is -4.28. The fourth-order valence-corrected chi connectivity index (χ4v) is 1.74. The SMILES string of the molecule is [2H]C([2H])(CCS(=O)(=O)O)NC(=O)C(N)Cc1ccccc1. The molecule has 1 amide bonds. The molecule has 1 atom stereocenters. The van der Waals surface area contributed by atoms with Crippen LogP contribution in [0.4, 0.5) is 0 Å². The zero-order chi connectivity index (χ0) is 16.1. The Balaban J connectivity index is 2.54. The van der Waals surface area contributed by atoms with E-state index in [2.05, 4.69) is 0 Å². The number of carbonyl (C=O) groups excluding carboxylic acids is 1. The second-order valence-electron chi connectivity index (χ2n) is 4.00. The highest BCUT2D eigenvalue weighted by atomic mass is 32.2. The normalized spacial score (nSPS) is 15.3. The Morgan fingerprint density at radius 3 is 2.63 bits per heavy atom. The monoisotopic (exact) mass is 288 g/mol. The molecule has 0 spiro atoms. The molecular formula is C12H18N2O4S. The molecule has 4 N–H and O–H groups in total. The molecule has 0 saturated heterocycles. The minimum Gasteiger partial charge on any atom is -0.355 e. The third-order valence-electron chi connectivity index (χ3n) is 2.33. The molecule has 0 fully saturated rings. The molecule has 0 radical (unpaired) electrons. The quantitative estimate of drug-likeness (QED) is 0.609. The van der Waals surface area contributed by atoms with Crippen molar-refractivity contribution >= 4 is 16.0 Å². The summed E-state index contributed by atoms with van der Waals surface area (Å²) in [4.78, 5) is 11.8. The molecule has 106 valence electrons. The second kappa shape index (κ2) is 7.22. The van der Waals surface area contributed by atoms with Crippen LogP contribution in [0.15, 0.2) is 30.3 Å². The van der Waals surface area contributed by atoms with E-state index in [1.807, 2.05) is 11.4 Å². The van der Waals surface area contributed by atoms with E-state index < -0.39 is 40.7 Å². The summed E-state index contributed by atoms with van der Waals surface area (Å²) in [5.74, 6) is -1.51. The summed E-state index contributed by atoms with van der Waals surface area (Å²) in [7, 11) is -4.28. The predicted molar refractivity (Wildman–Crippen MR) is 72.2 cm³/mol. The van der Waals surface area contributed by atoms with E-state index in [1.54, 1.807) is 24.3 Å². The third kappa shape index (κ3) is 6.90. The van der Waals surface area contributed by atoms with Crippen molar-refractivity contribution in [3.63, 3.8) is 0 Å². The van der Waals surface area contributed by atoms with Gasteiger partial charge in [0.25, 0.3) is 10.1 Å². The molecule has 19 heavy (non-hydrogen) atoms. The Labute approximate surface area is 115 Å². The average molecular weight is 288 g/mol. The molecule has 1 unspecified atom stereocenters. The number of hydrogen-bond donors (Lipinski definition) is 3. The molecule has 7 heteroatoms. The highest BCUT2D eigenvalue weighted by Crippen LogP contribution is 2.01. The number of nitrogens with one attached hydrogen (secondary N) is 1. The Kier molecular flexibility index (Phi) is 4.79. The van der Waals surface area contributed by atoms with Crippen LogP contribution in [0.1, 0.15) is 14.7 Å². The number of amides is 1. The topological polar surface area (TPSA) is 109 Å². The first-order chi connectivity index (χ1) is 9.59. The fraction of sp³-hybridized carbons (Fsp3) is 0.417. The Bertz CT molecular complexity index is 578. The van der Waals surface area contributed by atoms with Gasteiger partial charge in [-0.2, -0.15) is 8.42 Å². The molecule has 1 aromatic rings. The Morgan fingerprint density at radius 2 is 2.05 bits per heavy atom. The van der Waals surface area contributed by atoms with Gasteiger partial charge in [0.05, 0.1) is 11.8 Å². The first kappa shape index (κ1) is 12.6. The lowest BCUT2D eigenvalue weighted by atomic mass is 10.1. The van der Waals surface area contributed by atoms with Gasteiger partial charge in [0.1, 0.15) is 0 Å². The smallest absolute Gasteiger partial charge is 0.264 e. The lowest BCUT2D eigenvalue weighted by Gasteiger charge is -2.12.